The minimum absolute atomic E-state index is 0.00388. The molecule has 0 spiro atoms. The maximum absolute atomic E-state index is 12.7. The van der Waals surface area contributed by atoms with E-state index in [1.807, 2.05) is 17.0 Å². The molecular formula is C16H19N3O. The van der Waals surface area contributed by atoms with Crippen molar-refractivity contribution < 1.29 is 4.79 Å². The third-order valence-electron chi connectivity index (χ3n) is 4.11. The van der Waals surface area contributed by atoms with Gasteiger partial charge in [0, 0.05) is 24.8 Å². The Morgan fingerprint density at radius 3 is 2.95 bits per heavy atom. The van der Waals surface area contributed by atoms with Gasteiger partial charge >= 0.3 is 0 Å². The molecule has 1 N–H and O–H groups in total. The Hall–Kier alpha value is -2.02. The molecule has 3 rings (SSSR count). The Morgan fingerprint density at radius 2 is 2.20 bits per heavy atom. The fourth-order valence-electron chi connectivity index (χ4n) is 2.88. The van der Waals surface area contributed by atoms with Crippen molar-refractivity contribution in [2.24, 2.45) is 5.92 Å². The third kappa shape index (κ3) is 2.62. The van der Waals surface area contributed by atoms with Crippen molar-refractivity contribution in [3.05, 3.63) is 29.8 Å². The Morgan fingerprint density at radius 1 is 1.40 bits per heavy atom. The van der Waals surface area contributed by atoms with Crippen LogP contribution in [0.5, 0.6) is 0 Å². The number of nitriles is 1. The van der Waals surface area contributed by atoms with Gasteiger partial charge < -0.3 is 10.2 Å². The average molecular weight is 269 g/mol. The van der Waals surface area contributed by atoms with Crippen molar-refractivity contribution in [2.75, 3.05) is 18.4 Å². The summed E-state index contributed by atoms with van der Waals surface area (Å²) in [5, 5.41) is 12.1. The van der Waals surface area contributed by atoms with Crippen molar-refractivity contribution in [1.29, 1.82) is 5.26 Å². The molecule has 0 aromatic heterocycles. The number of hydrogen-bond acceptors (Lipinski definition) is 3. The molecule has 2 aliphatic rings. The van der Waals surface area contributed by atoms with Crippen molar-refractivity contribution in [1.82, 2.24) is 4.90 Å². The Bertz CT molecular complexity index is 545. The van der Waals surface area contributed by atoms with Crippen molar-refractivity contribution >= 4 is 11.6 Å². The summed E-state index contributed by atoms with van der Waals surface area (Å²) in [6, 6.07) is 10.7. The summed E-state index contributed by atoms with van der Waals surface area (Å²) in [6.07, 6.45) is 3.42. The number of anilines is 1. The first-order valence-corrected chi connectivity index (χ1v) is 7.29. The molecule has 1 saturated carbocycles. The van der Waals surface area contributed by atoms with E-state index in [1.165, 1.54) is 5.56 Å². The highest BCUT2D eigenvalue weighted by atomic mass is 16.2. The fourth-order valence-corrected chi connectivity index (χ4v) is 2.88. The molecule has 1 heterocycles. The van der Waals surface area contributed by atoms with Crippen molar-refractivity contribution in [3.63, 3.8) is 0 Å². The zero-order valence-corrected chi connectivity index (χ0v) is 11.5. The van der Waals surface area contributed by atoms with E-state index >= 15 is 0 Å². The number of benzene rings is 1. The van der Waals surface area contributed by atoms with Crippen LogP contribution in [-0.2, 0) is 11.2 Å². The highest BCUT2D eigenvalue weighted by Crippen LogP contribution is 2.31. The van der Waals surface area contributed by atoms with Crippen molar-refractivity contribution in [3.8, 4) is 6.07 Å². The van der Waals surface area contributed by atoms with Gasteiger partial charge in [-0.1, -0.05) is 18.2 Å². The smallest absolute Gasteiger partial charge is 0.228 e. The van der Waals surface area contributed by atoms with E-state index in [2.05, 4.69) is 23.5 Å². The van der Waals surface area contributed by atoms with Crippen LogP contribution in [0.25, 0.3) is 0 Å². The molecule has 1 aromatic rings. The molecular weight excluding hydrogens is 250 g/mol. The van der Waals surface area contributed by atoms with E-state index in [4.69, 9.17) is 5.26 Å². The molecule has 1 atom stereocenters. The lowest BCUT2D eigenvalue weighted by Crippen LogP contribution is -2.43. The number of nitrogens with one attached hydrogen (secondary N) is 1. The van der Waals surface area contributed by atoms with E-state index in [9.17, 15) is 4.79 Å². The van der Waals surface area contributed by atoms with E-state index in [0.29, 0.717) is 25.6 Å². The Kier molecular flexibility index (Phi) is 3.60. The number of rotatable bonds is 4. The standard InChI is InChI=1S/C16H19N3O/c17-8-3-9-19(14-6-7-14)16(20)13-10-12-4-1-2-5-15(12)18-11-13/h1-2,4-5,13-14,18H,3,6-7,9-11H2. The van der Waals surface area contributed by atoms with Gasteiger partial charge in [0.25, 0.3) is 0 Å². The lowest BCUT2D eigenvalue weighted by atomic mass is 9.92. The first-order chi connectivity index (χ1) is 9.79. The number of amides is 1. The van der Waals surface area contributed by atoms with Crippen LogP contribution in [0, 0.1) is 17.2 Å². The molecule has 0 saturated heterocycles. The summed E-state index contributed by atoms with van der Waals surface area (Å²) in [6.45, 7) is 1.28. The topological polar surface area (TPSA) is 56.1 Å². The molecule has 4 heteroatoms. The maximum atomic E-state index is 12.7. The monoisotopic (exact) mass is 269 g/mol. The lowest BCUT2D eigenvalue weighted by Gasteiger charge is -2.30. The molecule has 0 radical (unpaired) electrons. The molecule has 20 heavy (non-hydrogen) atoms. The number of fused-ring (bicyclic) bond motifs is 1. The number of para-hydroxylation sites is 1. The van der Waals surface area contributed by atoms with E-state index in [-0.39, 0.29) is 11.8 Å². The second kappa shape index (κ2) is 5.54. The summed E-state index contributed by atoms with van der Waals surface area (Å²) in [5.74, 6) is 0.217. The van der Waals surface area contributed by atoms with E-state index < -0.39 is 0 Å². The summed E-state index contributed by atoms with van der Waals surface area (Å²) in [7, 11) is 0. The molecule has 1 aliphatic heterocycles. The van der Waals surface area contributed by atoms with Gasteiger partial charge in [-0.3, -0.25) is 4.79 Å². The van der Waals surface area contributed by atoms with Gasteiger partial charge in [-0.2, -0.15) is 5.26 Å². The second-order valence-corrected chi connectivity index (χ2v) is 5.61. The molecule has 104 valence electrons. The largest absolute Gasteiger partial charge is 0.384 e. The predicted octanol–water partition coefficient (Wildman–Crippen LogP) is 2.18. The molecule has 1 fully saturated rings. The van der Waals surface area contributed by atoms with E-state index in [0.717, 1.165) is 24.9 Å². The number of nitrogens with zero attached hydrogens (tertiary/aromatic N) is 2. The van der Waals surface area contributed by atoms with Crippen LogP contribution in [0.15, 0.2) is 24.3 Å². The Labute approximate surface area is 119 Å². The number of carbonyl (C=O) groups is 1. The van der Waals surface area contributed by atoms with Gasteiger partial charge in [-0.15, -0.1) is 0 Å². The minimum Gasteiger partial charge on any atom is -0.384 e. The van der Waals surface area contributed by atoms with Gasteiger partial charge in [-0.25, -0.2) is 0 Å². The van der Waals surface area contributed by atoms with Crippen LogP contribution in [0.3, 0.4) is 0 Å². The highest BCUT2D eigenvalue weighted by molar-refractivity contribution is 5.81. The van der Waals surface area contributed by atoms with Crippen LogP contribution in [0.4, 0.5) is 5.69 Å². The van der Waals surface area contributed by atoms with Gasteiger partial charge in [0.15, 0.2) is 0 Å². The summed E-state index contributed by atoms with van der Waals surface area (Å²) in [5.41, 5.74) is 2.36. The number of hydrogen-bond donors (Lipinski definition) is 1. The van der Waals surface area contributed by atoms with Crippen molar-refractivity contribution in [2.45, 2.75) is 31.7 Å². The zero-order chi connectivity index (χ0) is 13.9. The average Bonchev–Trinajstić information content (AvgIpc) is 3.32. The molecule has 4 nitrogen and oxygen atoms in total. The highest BCUT2D eigenvalue weighted by Gasteiger charge is 2.36. The van der Waals surface area contributed by atoms with Crippen LogP contribution in [-0.4, -0.2) is 29.9 Å². The summed E-state index contributed by atoms with van der Waals surface area (Å²) in [4.78, 5) is 14.6. The SMILES string of the molecule is N#CCCN(C(=O)C1CNc2ccccc2C1)C1CC1. The van der Waals surface area contributed by atoms with Gasteiger partial charge in [-0.05, 0) is 30.9 Å². The van der Waals surface area contributed by atoms with Crippen LogP contribution >= 0.6 is 0 Å². The molecule has 1 aromatic carbocycles. The predicted molar refractivity (Wildman–Crippen MR) is 77.1 cm³/mol. The molecule has 1 amide bonds. The zero-order valence-electron chi connectivity index (χ0n) is 11.5. The Balaban J connectivity index is 1.70. The minimum atomic E-state index is 0.00388. The molecule has 1 unspecified atom stereocenters. The molecule has 0 bridgehead atoms. The quantitative estimate of drug-likeness (QED) is 0.911. The van der Waals surface area contributed by atoms with E-state index in [1.54, 1.807) is 0 Å². The molecule has 1 aliphatic carbocycles. The van der Waals surface area contributed by atoms with Gasteiger partial charge in [0.05, 0.1) is 18.4 Å². The number of carbonyl (C=O) groups excluding carboxylic acids is 1. The van der Waals surface area contributed by atoms with Gasteiger partial charge in [0.1, 0.15) is 0 Å². The fraction of sp³-hybridized carbons (Fsp3) is 0.500. The van der Waals surface area contributed by atoms with Crippen LogP contribution in [0.1, 0.15) is 24.8 Å². The first kappa shape index (κ1) is 13.0. The first-order valence-electron chi connectivity index (χ1n) is 7.29. The maximum Gasteiger partial charge on any atom is 0.228 e. The lowest BCUT2D eigenvalue weighted by molar-refractivity contribution is -0.135. The normalized spacial score (nSPS) is 20.4. The third-order valence-corrected chi connectivity index (χ3v) is 4.11. The summed E-state index contributed by atoms with van der Waals surface area (Å²) >= 11 is 0. The summed E-state index contributed by atoms with van der Waals surface area (Å²) < 4.78 is 0. The van der Waals surface area contributed by atoms with Crippen LogP contribution in [0.2, 0.25) is 0 Å². The second-order valence-electron chi connectivity index (χ2n) is 5.61. The van der Waals surface area contributed by atoms with Crippen LogP contribution < -0.4 is 5.32 Å². The van der Waals surface area contributed by atoms with Gasteiger partial charge in [0.2, 0.25) is 5.91 Å².